The first-order valence-corrected chi connectivity index (χ1v) is 8.50. The Bertz CT molecular complexity index is 1040. The summed E-state index contributed by atoms with van der Waals surface area (Å²) in [6.45, 7) is 0. The number of hydrazone groups is 1. The van der Waals surface area contributed by atoms with Gasteiger partial charge in [0.25, 0.3) is 5.56 Å². The second-order valence-corrected chi connectivity index (χ2v) is 5.95. The number of aromatic hydroxyl groups is 1. The molecule has 0 spiro atoms. The molecule has 1 aromatic heterocycles. The Labute approximate surface area is 165 Å². The molecule has 0 aliphatic rings. The summed E-state index contributed by atoms with van der Waals surface area (Å²) in [4.78, 5) is 12.4. The van der Waals surface area contributed by atoms with Crippen LogP contribution in [-0.4, -0.2) is 35.3 Å². The highest BCUT2D eigenvalue weighted by Gasteiger charge is 2.11. The fourth-order valence-electron chi connectivity index (χ4n) is 2.43. The van der Waals surface area contributed by atoms with E-state index in [2.05, 4.69) is 15.6 Å². The number of hydrogen-bond donors (Lipinski definition) is 2. The lowest BCUT2D eigenvalue weighted by Gasteiger charge is -2.09. The lowest BCUT2D eigenvalue weighted by Crippen LogP contribution is -2.22. The van der Waals surface area contributed by atoms with Gasteiger partial charge in [-0.3, -0.25) is 10.2 Å². The SMILES string of the molecule is COc1cc(/C=N\Nc2cnn(-c3ccccc3)c(=O)c2Cl)cc(OC)c1O. The van der Waals surface area contributed by atoms with Crippen molar-refractivity contribution in [3.8, 4) is 22.9 Å². The molecule has 0 aliphatic carbocycles. The number of rotatable bonds is 6. The number of anilines is 1. The van der Waals surface area contributed by atoms with Crippen LogP contribution in [0.15, 0.2) is 58.6 Å². The van der Waals surface area contributed by atoms with Crippen molar-refractivity contribution in [3.63, 3.8) is 0 Å². The summed E-state index contributed by atoms with van der Waals surface area (Å²) in [6.07, 6.45) is 2.87. The molecule has 2 N–H and O–H groups in total. The van der Waals surface area contributed by atoms with Crippen molar-refractivity contribution in [2.24, 2.45) is 5.10 Å². The second-order valence-electron chi connectivity index (χ2n) is 5.57. The summed E-state index contributed by atoms with van der Waals surface area (Å²) in [5.74, 6) is 0.379. The van der Waals surface area contributed by atoms with Crippen LogP contribution in [0.3, 0.4) is 0 Å². The first-order valence-electron chi connectivity index (χ1n) is 8.12. The smallest absolute Gasteiger partial charge is 0.292 e. The molecule has 0 atom stereocenters. The zero-order valence-electron chi connectivity index (χ0n) is 15.1. The first kappa shape index (κ1) is 19.2. The highest BCUT2D eigenvalue weighted by atomic mass is 35.5. The third kappa shape index (κ3) is 3.91. The third-order valence-electron chi connectivity index (χ3n) is 3.82. The summed E-state index contributed by atoms with van der Waals surface area (Å²) in [7, 11) is 2.86. The lowest BCUT2D eigenvalue weighted by molar-refractivity contribution is 0.340. The van der Waals surface area contributed by atoms with Crippen LogP contribution in [0.5, 0.6) is 17.2 Å². The molecule has 0 unspecified atom stereocenters. The largest absolute Gasteiger partial charge is 0.502 e. The number of halogens is 1. The molecule has 0 aliphatic heterocycles. The number of ether oxygens (including phenoxy) is 2. The van der Waals surface area contributed by atoms with Crippen molar-refractivity contribution in [1.29, 1.82) is 0 Å². The average molecular weight is 401 g/mol. The van der Waals surface area contributed by atoms with Gasteiger partial charge in [0, 0.05) is 5.56 Å². The molecule has 8 nitrogen and oxygen atoms in total. The molecule has 3 rings (SSSR count). The van der Waals surface area contributed by atoms with Crippen molar-refractivity contribution in [2.75, 3.05) is 19.6 Å². The summed E-state index contributed by atoms with van der Waals surface area (Å²) >= 11 is 6.16. The van der Waals surface area contributed by atoms with Gasteiger partial charge in [0.1, 0.15) is 10.7 Å². The average Bonchev–Trinajstić information content (AvgIpc) is 2.72. The van der Waals surface area contributed by atoms with Gasteiger partial charge >= 0.3 is 0 Å². The topological polar surface area (TPSA) is 98.0 Å². The van der Waals surface area contributed by atoms with Gasteiger partial charge in [-0.15, -0.1) is 0 Å². The zero-order valence-corrected chi connectivity index (χ0v) is 15.8. The molecule has 3 aromatic rings. The fourth-order valence-corrected chi connectivity index (χ4v) is 2.60. The quantitative estimate of drug-likeness (QED) is 0.487. The van der Waals surface area contributed by atoms with Crippen molar-refractivity contribution in [1.82, 2.24) is 9.78 Å². The summed E-state index contributed by atoms with van der Waals surface area (Å²) in [5.41, 5.74) is 3.68. The number of methoxy groups -OCH3 is 2. The molecule has 1 heterocycles. The molecule has 0 fully saturated rings. The molecule has 0 amide bonds. The van der Waals surface area contributed by atoms with Crippen molar-refractivity contribution in [2.45, 2.75) is 0 Å². The van der Waals surface area contributed by atoms with E-state index in [1.165, 1.54) is 31.3 Å². The Hall–Kier alpha value is -3.52. The van der Waals surface area contributed by atoms with Gasteiger partial charge in [-0.1, -0.05) is 29.8 Å². The first-order chi connectivity index (χ1) is 13.5. The van der Waals surface area contributed by atoms with E-state index in [-0.39, 0.29) is 28.0 Å². The minimum absolute atomic E-state index is 0.0446. The zero-order chi connectivity index (χ0) is 20.1. The minimum Gasteiger partial charge on any atom is -0.502 e. The van der Waals surface area contributed by atoms with Gasteiger partial charge in [-0.2, -0.15) is 14.9 Å². The number of aromatic nitrogens is 2. The van der Waals surface area contributed by atoms with Crippen LogP contribution in [0.25, 0.3) is 5.69 Å². The predicted octanol–water partition coefficient (Wildman–Crippen LogP) is 3.05. The van der Waals surface area contributed by atoms with E-state index >= 15 is 0 Å². The molecule has 0 saturated heterocycles. The van der Waals surface area contributed by atoms with E-state index in [0.29, 0.717) is 11.3 Å². The second kappa shape index (κ2) is 8.45. The third-order valence-corrected chi connectivity index (χ3v) is 4.19. The van der Waals surface area contributed by atoms with Gasteiger partial charge in [-0.25, -0.2) is 0 Å². The molecular formula is C19H17ClN4O4. The summed E-state index contributed by atoms with van der Waals surface area (Å²) in [6, 6.07) is 12.1. The maximum Gasteiger partial charge on any atom is 0.292 e. The monoisotopic (exact) mass is 400 g/mol. The molecule has 0 bridgehead atoms. The standard InChI is InChI=1S/C19H17ClN4O4/c1-27-15-8-12(9-16(28-2)18(15)25)10-21-23-14-11-22-24(19(26)17(14)20)13-6-4-3-5-7-13/h3-11,23,25H,1-2H3/b21-10-. The van der Waals surface area contributed by atoms with Crippen LogP contribution < -0.4 is 20.5 Å². The highest BCUT2D eigenvalue weighted by Crippen LogP contribution is 2.36. The number of hydrogen-bond acceptors (Lipinski definition) is 7. The Balaban J connectivity index is 1.84. The van der Waals surface area contributed by atoms with Crippen LogP contribution in [0.4, 0.5) is 5.69 Å². The number of phenolic OH excluding ortho intramolecular Hbond substituents is 1. The maximum absolute atomic E-state index is 12.4. The molecule has 0 saturated carbocycles. The maximum atomic E-state index is 12.4. The number of nitrogens with zero attached hydrogens (tertiary/aromatic N) is 3. The Morgan fingerprint density at radius 1 is 1.18 bits per heavy atom. The van der Waals surface area contributed by atoms with E-state index in [0.717, 1.165) is 0 Å². The molecule has 144 valence electrons. The van der Waals surface area contributed by atoms with Crippen LogP contribution in [0, 0.1) is 0 Å². The molecular weight excluding hydrogens is 384 g/mol. The van der Waals surface area contributed by atoms with Crippen molar-refractivity contribution < 1.29 is 14.6 Å². The molecule has 9 heteroatoms. The van der Waals surface area contributed by atoms with Crippen LogP contribution in [0.2, 0.25) is 5.02 Å². The van der Waals surface area contributed by atoms with Crippen LogP contribution in [0.1, 0.15) is 5.56 Å². The van der Waals surface area contributed by atoms with E-state index in [1.807, 2.05) is 6.07 Å². The summed E-state index contributed by atoms with van der Waals surface area (Å²) < 4.78 is 11.4. The van der Waals surface area contributed by atoms with Gasteiger partial charge < -0.3 is 14.6 Å². The predicted molar refractivity (Wildman–Crippen MR) is 107 cm³/mol. The lowest BCUT2D eigenvalue weighted by atomic mass is 10.2. The number of benzene rings is 2. The molecule has 0 radical (unpaired) electrons. The van der Waals surface area contributed by atoms with Gasteiger partial charge in [0.2, 0.25) is 5.75 Å². The van der Waals surface area contributed by atoms with E-state index < -0.39 is 5.56 Å². The Kier molecular flexibility index (Phi) is 5.81. The fraction of sp³-hybridized carbons (Fsp3) is 0.105. The van der Waals surface area contributed by atoms with E-state index in [9.17, 15) is 9.90 Å². The number of nitrogens with one attached hydrogen (secondary N) is 1. The van der Waals surface area contributed by atoms with Crippen LogP contribution in [-0.2, 0) is 0 Å². The van der Waals surface area contributed by atoms with E-state index in [4.69, 9.17) is 21.1 Å². The minimum atomic E-state index is -0.471. The van der Waals surface area contributed by atoms with E-state index in [1.54, 1.807) is 36.4 Å². The summed E-state index contributed by atoms with van der Waals surface area (Å²) in [5, 5.41) is 18.1. The van der Waals surface area contributed by atoms with Gasteiger partial charge in [0.15, 0.2) is 11.5 Å². The molecule has 28 heavy (non-hydrogen) atoms. The van der Waals surface area contributed by atoms with Crippen LogP contribution >= 0.6 is 11.6 Å². The van der Waals surface area contributed by atoms with Gasteiger partial charge in [-0.05, 0) is 24.3 Å². The van der Waals surface area contributed by atoms with Crippen molar-refractivity contribution >= 4 is 23.5 Å². The number of phenols is 1. The highest BCUT2D eigenvalue weighted by molar-refractivity contribution is 6.32. The normalized spacial score (nSPS) is 10.8. The Morgan fingerprint density at radius 3 is 2.43 bits per heavy atom. The Morgan fingerprint density at radius 2 is 1.82 bits per heavy atom. The number of para-hydroxylation sites is 1. The molecule has 2 aromatic carbocycles. The van der Waals surface area contributed by atoms with Gasteiger partial charge in [0.05, 0.1) is 32.3 Å². The van der Waals surface area contributed by atoms with Crippen molar-refractivity contribution in [3.05, 3.63) is 69.6 Å².